The van der Waals surface area contributed by atoms with E-state index < -0.39 is 11.8 Å². The topological polar surface area (TPSA) is 96.6 Å². The summed E-state index contributed by atoms with van der Waals surface area (Å²) in [5.74, 6) is -0.629. The summed E-state index contributed by atoms with van der Waals surface area (Å²) in [5, 5.41) is 6.25. The molecular formula is C26H20N4O4S. The molecule has 4 aromatic rings. The molecule has 5 rings (SSSR count). The van der Waals surface area contributed by atoms with Gasteiger partial charge in [-0.2, -0.15) is 0 Å². The number of hydrogen-bond acceptors (Lipinski definition) is 5. The average Bonchev–Trinajstić information content (AvgIpc) is 3.49. The molecule has 3 amide bonds. The van der Waals surface area contributed by atoms with Crippen molar-refractivity contribution in [2.24, 2.45) is 0 Å². The van der Waals surface area contributed by atoms with Gasteiger partial charge in [-0.15, -0.1) is 0 Å². The minimum Gasteiger partial charge on any atom is -0.467 e. The molecule has 1 saturated heterocycles. The van der Waals surface area contributed by atoms with Crippen molar-refractivity contribution in [2.75, 3.05) is 4.90 Å². The van der Waals surface area contributed by atoms with Crippen molar-refractivity contribution in [1.29, 1.82) is 0 Å². The Balaban J connectivity index is 1.46. The summed E-state index contributed by atoms with van der Waals surface area (Å²) < 4.78 is 7.03. The Morgan fingerprint density at radius 2 is 1.80 bits per heavy atom. The Bertz CT molecular complexity index is 1470. The minimum absolute atomic E-state index is 0.0269. The lowest BCUT2D eigenvalue weighted by Gasteiger charge is -2.28. The maximum atomic E-state index is 13.3. The zero-order chi connectivity index (χ0) is 24.4. The zero-order valence-corrected chi connectivity index (χ0v) is 19.2. The van der Waals surface area contributed by atoms with E-state index in [4.69, 9.17) is 16.6 Å². The van der Waals surface area contributed by atoms with Crippen LogP contribution in [-0.2, 0) is 27.5 Å². The molecule has 0 saturated carbocycles. The van der Waals surface area contributed by atoms with E-state index in [1.54, 1.807) is 53.4 Å². The molecule has 1 fully saturated rings. The van der Waals surface area contributed by atoms with Gasteiger partial charge in [-0.05, 0) is 48.6 Å². The summed E-state index contributed by atoms with van der Waals surface area (Å²) in [7, 11) is 0. The molecule has 2 aromatic carbocycles. The molecule has 0 unspecified atom stereocenters. The third-order valence-corrected chi connectivity index (χ3v) is 5.87. The van der Waals surface area contributed by atoms with Crippen LogP contribution in [0.25, 0.3) is 17.0 Å². The van der Waals surface area contributed by atoms with Gasteiger partial charge in [-0.3, -0.25) is 24.6 Å². The van der Waals surface area contributed by atoms with Crippen molar-refractivity contribution in [3.05, 3.63) is 96.1 Å². The number of carbonyl (C=O) groups is 3. The lowest BCUT2D eigenvalue weighted by Crippen LogP contribution is -2.54. The first-order valence-corrected chi connectivity index (χ1v) is 11.3. The molecule has 9 heteroatoms. The molecular weight excluding hydrogens is 464 g/mol. The summed E-state index contributed by atoms with van der Waals surface area (Å²) >= 11 is 5.25. The molecule has 2 N–H and O–H groups in total. The van der Waals surface area contributed by atoms with Crippen molar-refractivity contribution < 1.29 is 18.8 Å². The maximum Gasteiger partial charge on any atom is 0.270 e. The number of nitrogens with one attached hydrogen (secondary N) is 2. The smallest absolute Gasteiger partial charge is 0.270 e. The van der Waals surface area contributed by atoms with Gasteiger partial charge in [0.1, 0.15) is 17.9 Å². The van der Waals surface area contributed by atoms with E-state index in [1.807, 2.05) is 30.3 Å². The van der Waals surface area contributed by atoms with Gasteiger partial charge in [0, 0.05) is 22.7 Å². The summed E-state index contributed by atoms with van der Waals surface area (Å²) in [6.07, 6.45) is 4.84. The van der Waals surface area contributed by atoms with Crippen molar-refractivity contribution in [2.45, 2.75) is 13.1 Å². The number of rotatable bonds is 6. The fraction of sp³-hybridized carbons (Fsp3) is 0.0769. The fourth-order valence-electron chi connectivity index (χ4n) is 3.96. The minimum atomic E-state index is -0.569. The van der Waals surface area contributed by atoms with Crippen LogP contribution >= 0.6 is 12.2 Å². The Morgan fingerprint density at radius 3 is 2.57 bits per heavy atom. The van der Waals surface area contributed by atoms with Gasteiger partial charge in [0.05, 0.1) is 18.5 Å². The van der Waals surface area contributed by atoms with Crippen molar-refractivity contribution in [1.82, 2.24) is 15.2 Å². The standard InChI is InChI=1S/C26H20N4O4S/c31-23(27-14-19-9-6-12-34-19)16-29-15-17(20-10-4-5-11-22(20)29)13-21-24(32)28-26(35)30(25(21)33)18-7-2-1-3-8-18/h1-13,15H,14,16H2,(H,27,31)(H,28,32,35)/b21-13+. The van der Waals surface area contributed by atoms with E-state index in [-0.39, 0.29) is 29.7 Å². The number of benzene rings is 2. The number of thiocarbonyl (C=S) groups is 1. The van der Waals surface area contributed by atoms with Crippen molar-refractivity contribution in [3.8, 4) is 0 Å². The second kappa shape index (κ2) is 9.40. The molecule has 1 aliphatic heterocycles. The number of nitrogens with zero attached hydrogens (tertiary/aromatic N) is 2. The highest BCUT2D eigenvalue weighted by molar-refractivity contribution is 7.80. The number of para-hydroxylation sites is 2. The number of carbonyl (C=O) groups excluding carboxylic acids is 3. The van der Waals surface area contributed by atoms with E-state index in [0.717, 1.165) is 10.9 Å². The van der Waals surface area contributed by atoms with E-state index in [9.17, 15) is 14.4 Å². The normalized spacial score (nSPS) is 15.0. The van der Waals surface area contributed by atoms with E-state index in [1.165, 1.54) is 11.0 Å². The highest BCUT2D eigenvalue weighted by Gasteiger charge is 2.34. The molecule has 0 radical (unpaired) electrons. The third-order valence-electron chi connectivity index (χ3n) is 5.59. The van der Waals surface area contributed by atoms with Gasteiger partial charge < -0.3 is 14.3 Å². The second-order valence-electron chi connectivity index (χ2n) is 7.88. The highest BCUT2D eigenvalue weighted by atomic mass is 32.1. The Kier molecular flexibility index (Phi) is 5.99. The predicted octanol–water partition coefficient (Wildman–Crippen LogP) is 3.38. The quantitative estimate of drug-likeness (QED) is 0.249. The lowest BCUT2D eigenvalue weighted by atomic mass is 10.1. The number of amides is 3. The van der Waals surface area contributed by atoms with Crippen LogP contribution in [0.1, 0.15) is 11.3 Å². The highest BCUT2D eigenvalue weighted by Crippen LogP contribution is 2.26. The van der Waals surface area contributed by atoms with Crippen molar-refractivity contribution >= 4 is 57.7 Å². The van der Waals surface area contributed by atoms with Crippen LogP contribution in [0.2, 0.25) is 0 Å². The SMILES string of the molecule is O=C(Cn1cc(/C=C2\C(=O)NC(=S)N(c3ccccc3)C2=O)c2ccccc21)NCc1ccco1. The third kappa shape index (κ3) is 4.49. The molecule has 0 atom stereocenters. The van der Waals surface area contributed by atoms with Crippen molar-refractivity contribution in [3.63, 3.8) is 0 Å². The molecule has 8 nitrogen and oxygen atoms in total. The van der Waals surface area contributed by atoms with Crippen LogP contribution < -0.4 is 15.5 Å². The van der Waals surface area contributed by atoms with Crippen LogP contribution in [0.4, 0.5) is 5.69 Å². The molecule has 2 aromatic heterocycles. The first kappa shape index (κ1) is 22.3. The van der Waals surface area contributed by atoms with E-state index >= 15 is 0 Å². The van der Waals surface area contributed by atoms with Gasteiger partial charge in [-0.1, -0.05) is 36.4 Å². The average molecular weight is 485 g/mol. The monoisotopic (exact) mass is 484 g/mol. The molecule has 3 heterocycles. The van der Waals surface area contributed by atoms with Gasteiger partial charge in [-0.25, -0.2) is 0 Å². The zero-order valence-electron chi connectivity index (χ0n) is 18.4. The van der Waals surface area contributed by atoms with Gasteiger partial charge in [0.15, 0.2) is 5.11 Å². The molecule has 0 aliphatic carbocycles. The van der Waals surface area contributed by atoms with Gasteiger partial charge >= 0.3 is 0 Å². The Labute approximate surface area is 205 Å². The summed E-state index contributed by atoms with van der Waals surface area (Å²) in [4.78, 5) is 39.9. The number of aromatic nitrogens is 1. The van der Waals surface area contributed by atoms with Crippen LogP contribution in [0, 0.1) is 0 Å². The fourth-order valence-corrected chi connectivity index (χ4v) is 4.24. The van der Waals surface area contributed by atoms with Crippen LogP contribution in [0.3, 0.4) is 0 Å². The Hall–Kier alpha value is -4.50. The van der Waals surface area contributed by atoms with Crippen LogP contribution in [0.15, 0.2) is 89.2 Å². The Morgan fingerprint density at radius 1 is 1.03 bits per heavy atom. The summed E-state index contributed by atoms with van der Waals surface area (Å²) in [6, 6.07) is 19.9. The van der Waals surface area contributed by atoms with Crippen LogP contribution in [-0.4, -0.2) is 27.4 Å². The second-order valence-corrected chi connectivity index (χ2v) is 8.27. The predicted molar refractivity (Wildman–Crippen MR) is 135 cm³/mol. The molecule has 35 heavy (non-hydrogen) atoms. The molecule has 0 spiro atoms. The van der Waals surface area contributed by atoms with E-state index in [0.29, 0.717) is 17.0 Å². The van der Waals surface area contributed by atoms with Crippen LogP contribution in [0.5, 0.6) is 0 Å². The largest absolute Gasteiger partial charge is 0.467 e. The summed E-state index contributed by atoms with van der Waals surface area (Å²) in [5.41, 5.74) is 1.95. The molecule has 0 bridgehead atoms. The number of hydrogen-bond donors (Lipinski definition) is 2. The van der Waals surface area contributed by atoms with E-state index in [2.05, 4.69) is 10.6 Å². The lowest BCUT2D eigenvalue weighted by molar-refractivity contribution is -0.123. The number of furan rings is 1. The number of fused-ring (bicyclic) bond motifs is 1. The van der Waals surface area contributed by atoms with Gasteiger partial charge in [0.2, 0.25) is 5.91 Å². The van der Waals surface area contributed by atoms with Gasteiger partial charge in [0.25, 0.3) is 11.8 Å². The number of anilines is 1. The molecule has 1 aliphatic rings. The first-order valence-electron chi connectivity index (χ1n) is 10.8. The maximum absolute atomic E-state index is 13.3. The summed E-state index contributed by atoms with van der Waals surface area (Å²) in [6.45, 7) is 0.344. The molecule has 174 valence electrons. The first-order chi connectivity index (χ1) is 17.0.